The van der Waals surface area contributed by atoms with Gasteiger partial charge in [-0.2, -0.15) is 0 Å². The van der Waals surface area contributed by atoms with Gasteiger partial charge in [0, 0.05) is 29.2 Å². The molecule has 0 aromatic heterocycles. The maximum absolute atomic E-state index is 12.9. The number of nitrogens with zero attached hydrogens (tertiary/aromatic N) is 1. The van der Waals surface area contributed by atoms with Crippen molar-refractivity contribution in [2.24, 2.45) is 0 Å². The molecule has 2 aromatic carbocycles. The average Bonchev–Trinajstić information content (AvgIpc) is 2.45. The summed E-state index contributed by atoms with van der Waals surface area (Å²) in [6.45, 7) is 2.21. The average molecular weight is 309 g/mol. The Hall–Kier alpha value is -1.98. The van der Waals surface area contributed by atoms with Crippen molar-refractivity contribution in [1.82, 2.24) is 5.32 Å². The van der Waals surface area contributed by atoms with E-state index in [9.17, 15) is 14.5 Å². The molecule has 0 bridgehead atoms. The van der Waals surface area contributed by atoms with Crippen LogP contribution in [0.2, 0.25) is 5.02 Å². The smallest absolute Gasteiger partial charge is 0.273 e. The van der Waals surface area contributed by atoms with Crippen molar-refractivity contribution in [2.45, 2.75) is 19.5 Å². The van der Waals surface area contributed by atoms with E-state index < -0.39 is 4.92 Å². The lowest BCUT2D eigenvalue weighted by Crippen LogP contribution is -2.18. The fourth-order valence-electron chi connectivity index (χ4n) is 2.01. The zero-order valence-corrected chi connectivity index (χ0v) is 12.1. The van der Waals surface area contributed by atoms with E-state index in [1.807, 2.05) is 6.92 Å². The van der Waals surface area contributed by atoms with Crippen molar-refractivity contribution in [1.29, 1.82) is 0 Å². The van der Waals surface area contributed by atoms with Gasteiger partial charge in [-0.15, -0.1) is 0 Å². The van der Waals surface area contributed by atoms with Gasteiger partial charge in [-0.05, 0) is 36.8 Å². The number of hydrogen-bond acceptors (Lipinski definition) is 3. The lowest BCUT2D eigenvalue weighted by Gasteiger charge is -2.14. The number of benzene rings is 2. The molecule has 21 heavy (non-hydrogen) atoms. The van der Waals surface area contributed by atoms with Crippen molar-refractivity contribution < 1.29 is 9.31 Å². The van der Waals surface area contributed by atoms with Crippen molar-refractivity contribution in [3.63, 3.8) is 0 Å². The summed E-state index contributed by atoms with van der Waals surface area (Å²) in [5.41, 5.74) is 1.45. The Balaban J connectivity index is 2.10. The van der Waals surface area contributed by atoms with Crippen molar-refractivity contribution in [3.8, 4) is 0 Å². The SMILES string of the molecule is C[C@@H](NCc1cc(Cl)ccc1[N+](=O)[O-])c1ccc(F)cc1. The van der Waals surface area contributed by atoms with Crippen molar-refractivity contribution in [3.05, 3.63) is 74.5 Å². The van der Waals surface area contributed by atoms with E-state index in [1.54, 1.807) is 18.2 Å². The minimum absolute atomic E-state index is 0.0261. The number of nitro benzene ring substituents is 1. The van der Waals surface area contributed by atoms with E-state index in [2.05, 4.69) is 5.32 Å². The molecule has 0 fully saturated rings. The lowest BCUT2D eigenvalue weighted by molar-refractivity contribution is -0.385. The fourth-order valence-corrected chi connectivity index (χ4v) is 2.20. The normalized spacial score (nSPS) is 12.1. The van der Waals surface area contributed by atoms with Crippen LogP contribution in [0, 0.1) is 15.9 Å². The first-order valence-electron chi connectivity index (χ1n) is 6.39. The summed E-state index contributed by atoms with van der Waals surface area (Å²) in [4.78, 5) is 10.5. The van der Waals surface area contributed by atoms with E-state index in [0.29, 0.717) is 17.1 Å². The summed E-state index contributed by atoms with van der Waals surface area (Å²) in [5.74, 6) is -0.295. The molecule has 4 nitrogen and oxygen atoms in total. The van der Waals surface area contributed by atoms with Gasteiger partial charge in [0.2, 0.25) is 0 Å². The molecule has 0 aliphatic rings. The molecule has 1 atom stereocenters. The van der Waals surface area contributed by atoms with Gasteiger partial charge < -0.3 is 5.32 Å². The molecule has 2 aromatic rings. The van der Waals surface area contributed by atoms with E-state index in [1.165, 1.54) is 24.3 Å². The van der Waals surface area contributed by atoms with E-state index in [-0.39, 0.29) is 17.5 Å². The molecular formula is C15H14ClFN2O2. The second-order valence-corrected chi connectivity index (χ2v) is 5.12. The number of rotatable bonds is 5. The second kappa shape index (κ2) is 6.65. The minimum Gasteiger partial charge on any atom is -0.306 e. The monoisotopic (exact) mass is 308 g/mol. The molecule has 110 valence electrons. The number of nitrogens with one attached hydrogen (secondary N) is 1. The number of halogens is 2. The molecule has 0 aliphatic carbocycles. The highest BCUT2D eigenvalue weighted by molar-refractivity contribution is 6.30. The van der Waals surface area contributed by atoms with Crippen LogP contribution in [0.1, 0.15) is 24.1 Å². The molecule has 0 spiro atoms. The Morgan fingerprint density at radius 3 is 2.57 bits per heavy atom. The Kier molecular flexibility index (Phi) is 4.88. The molecule has 0 amide bonds. The van der Waals surface area contributed by atoms with Gasteiger partial charge in [0.05, 0.1) is 4.92 Å². The van der Waals surface area contributed by atoms with Crippen LogP contribution in [0.4, 0.5) is 10.1 Å². The molecule has 1 N–H and O–H groups in total. The maximum atomic E-state index is 12.9. The summed E-state index contributed by atoms with van der Waals surface area (Å²) >= 11 is 5.88. The maximum Gasteiger partial charge on any atom is 0.273 e. The van der Waals surface area contributed by atoms with Crippen LogP contribution in [0.15, 0.2) is 42.5 Å². The summed E-state index contributed by atoms with van der Waals surface area (Å²) in [6, 6.07) is 10.5. The van der Waals surface area contributed by atoms with Crippen molar-refractivity contribution >= 4 is 17.3 Å². The quantitative estimate of drug-likeness (QED) is 0.664. The Morgan fingerprint density at radius 1 is 1.29 bits per heavy atom. The fraction of sp³-hybridized carbons (Fsp3) is 0.200. The van der Waals surface area contributed by atoms with Crippen LogP contribution >= 0.6 is 11.6 Å². The first-order chi connectivity index (χ1) is 9.97. The summed E-state index contributed by atoms with van der Waals surface area (Å²) in [7, 11) is 0. The molecule has 2 rings (SSSR count). The second-order valence-electron chi connectivity index (χ2n) is 4.68. The van der Waals surface area contributed by atoms with Crippen LogP contribution in [0.3, 0.4) is 0 Å². The minimum atomic E-state index is -0.435. The van der Waals surface area contributed by atoms with Crippen LogP contribution in [-0.4, -0.2) is 4.92 Å². The lowest BCUT2D eigenvalue weighted by atomic mass is 10.1. The van der Waals surface area contributed by atoms with Crippen LogP contribution in [-0.2, 0) is 6.54 Å². The summed E-state index contributed by atoms with van der Waals surface area (Å²) < 4.78 is 12.9. The third kappa shape index (κ3) is 4.00. The first kappa shape index (κ1) is 15.4. The van der Waals surface area contributed by atoms with Gasteiger partial charge in [0.15, 0.2) is 0 Å². The molecule has 0 radical (unpaired) electrons. The molecule has 0 aliphatic heterocycles. The molecule has 0 unspecified atom stereocenters. The van der Waals surface area contributed by atoms with Gasteiger partial charge in [0.25, 0.3) is 5.69 Å². The molecule has 0 saturated carbocycles. The van der Waals surface area contributed by atoms with Crippen LogP contribution in [0.25, 0.3) is 0 Å². The third-order valence-corrected chi connectivity index (χ3v) is 3.44. The summed E-state index contributed by atoms with van der Waals surface area (Å²) in [6.07, 6.45) is 0. The largest absolute Gasteiger partial charge is 0.306 e. The topological polar surface area (TPSA) is 55.2 Å². The van der Waals surface area contributed by atoms with Gasteiger partial charge >= 0.3 is 0 Å². The Labute approximate surface area is 126 Å². The predicted molar refractivity (Wildman–Crippen MR) is 79.8 cm³/mol. The van der Waals surface area contributed by atoms with Crippen molar-refractivity contribution in [2.75, 3.05) is 0 Å². The highest BCUT2D eigenvalue weighted by Crippen LogP contribution is 2.23. The Morgan fingerprint density at radius 2 is 1.95 bits per heavy atom. The molecule has 6 heteroatoms. The van der Waals surface area contributed by atoms with E-state index in [0.717, 1.165) is 5.56 Å². The van der Waals surface area contributed by atoms with Gasteiger partial charge in [-0.25, -0.2) is 4.39 Å². The van der Waals surface area contributed by atoms with Gasteiger partial charge in [-0.3, -0.25) is 10.1 Å². The van der Waals surface area contributed by atoms with Crippen LogP contribution in [0.5, 0.6) is 0 Å². The molecular weight excluding hydrogens is 295 g/mol. The van der Waals surface area contributed by atoms with E-state index >= 15 is 0 Å². The standard InChI is InChI=1S/C15H14ClFN2O2/c1-10(11-2-5-14(17)6-3-11)18-9-12-8-13(16)4-7-15(12)19(20)21/h2-8,10,18H,9H2,1H3/t10-/m1/s1. The highest BCUT2D eigenvalue weighted by atomic mass is 35.5. The Bertz CT molecular complexity index is 647. The zero-order valence-electron chi connectivity index (χ0n) is 11.3. The number of nitro groups is 1. The van der Waals surface area contributed by atoms with Gasteiger partial charge in [0.1, 0.15) is 5.82 Å². The predicted octanol–water partition coefficient (Wildman–Crippen LogP) is 4.24. The third-order valence-electron chi connectivity index (χ3n) is 3.21. The first-order valence-corrected chi connectivity index (χ1v) is 6.77. The van der Waals surface area contributed by atoms with Gasteiger partial charge in [-0.1, -0.05) is 23.7 Å². The highest BCUT2D eigenvalue weighted by Gasteiger charge is 2.15. The van der Waals surface area contributed by atoms with Crippen LogP contribution < -0.4 is 5.32 Å². The number of hydrogen-bond donors (Lipinski definition) is 1. The summed E-state index contributed by atoms with van der Waals surface area (Å²) in [5, 5.41) is 14.6. The molecule has 0 heterocycles. The molecule has 0 saturated heterocycles. The zero-order chi connectivity index (χ0) is 15.4. The van der Waals surface area contributed by atoms with E-state index in [4.69, 9.17) is 11.6 Å².